The summed E-state index contributed by atoms with van der Waals surface area (Å²) in [4.78, 5) is 4.21. The Balaban J connectivity index is 1.96. The van der Waals surface area contributed by atoms with E-state index in [0.29, 0.717) is 11.6 Å². The van der Waals surface area contributed by atoms with Crippen LogP contribution in [0.15, 0.2) is 12.3 Å². The molecule has 2 rings (SSSR count). The SMILES string of the molecule is Cc1ccnc(NCC2CCCC2O)c1N. The molecule has 16 heavy (non-hydrogen) atoms. The Bertz CT molecular complexity index is 367. The minimum Gasteiger partial charge on any atom is -0.396 e. The molecule has 1 aliphatic rings. The Kier molecular flexibility index (Phi) is 3.29. The van der Waals surface area contributed by atoms with Crippen LogP contribution in [-0.2, 0) is 0 Å². The molecule has 1 heterocycles. The first kappa shape index (κ1) is 11.2. The van der Waals surface area contributed by atoms with Crippen LogP contribution in [0.25, 0.3) is 0 Å². The van der Waals surface area contributed by atoms with E-state index >= 15 is 0 Å². The van der Waals surface area contributed by atoms with Gasteiger partial charge in [0.1, 0.15) is 5.82 Å². The molecule has 4 nitrogen and oxygen atoms in total. The first-order valence-corrected chi connectivity index (χ1v) is 5.81. The summed E-state index contributed by atoms with van der Waals surface area (Å²) in [7, 11) is 0. The summed E-state index contributed by atoms with van der Waals surface area (Å²) in [6.45, 7) is 2.72. The number of aliphatic hydroxyl groups excluding tert-OH is 1. The van der Waals surface area contributed by atoms with Crippen LogP contribution in [0.2, 0.25) is 0 Å². The van der Waals surface area contributed by atoms with E-state index in [2.05, 4.69) is 10.3 Å². The third kappa shape index (κ3) is 2.27. The molecule has 1 aromatic heterocycles. The van der Waals surface area contributed by atoms with Gasteiger partial charge in [0.05, 0.1) is 11.8 Å². The third-order valence-electron chi connectivity index (χ3n) is 3.36. The average molecular weight is 221 g/mol. The molecule has 1 aliphatic carbocycles. The van der Waals surface area contributed by atoms with Gasteiger partial charge in [0.15, 0.2) is 0 Å². The van der Waals surface area contributed by atoms with Crippen LogP contribution in [0.1, 0.15) is 24.8 Å². The van der Waals surface area contributed by atoms with Gasteiger partial charge in [0.2, 0.25) is 0 Å². The maximum atomic E-state index is 9.70. The molecule has 0 aliphatic heterocycles. The van der Waals surface area contributed by atoms with E-state index in [0.717, 1.165) is 37.2 Å². The summed E-state index contributed by atoms with van der Waals surface area (Å²) in [6.07, 6.45) is 4.70. The lowest BCUT2D eigenvalue weighted by Gasteiger charge is -2.16. The number of pyridine rings is 1. The van der Waals surface area contributed by atoms with Crippen LogP contribution in [0, 0.1) is 12.8 Å². The van der Waals surface area contributed by atoms with E-state index in [4.69, 9.17) is 5.73 Å². The van der Waals surface area contributed by atoms with E-state index in [1.54, 1.807) is 6.20 Å². The Morgan fingerprint density at radius 3 is 3.06 bits per heavy atom. The second-order valence-corrected chi connectivity index (χ2v) is 4.53. The summed E-state index contributed by atoms with van der Waals surface area (Å²) in [5, 5.41) is 12.9. The number of nitrogens with zero attached hydrogens (tertiary/aromatic N) is 1. The second kappa shape index (κ2) is 4.70. The van der Waals surface area contributed by atoms with Gasteiger partial charge in [-0.2, -0.15) is 0 Å². The van der Waals surface area contributed by atoms with Gasteiger partial charge in [0, 0.05) is 18.7 Å². The molecule has 2 atom stereocenters. The number of anilines is 2. The number of aryl methyl sites for hydroxylation is 1. The highest BCUT2D eigenvalue weighted by atomic mass is 16.3. The van der Waals surface area contributed by atoms with Crippen molar-refractivity contribution in [2.24, 2.45) is 5.92 Å². The average Bonchev–Trinajstić information content (AvgIpc) is 2.67. The van der Waals surface area contributed by atoms with Gasteiger partial charge in [-0.1, -0.05) is 6.42 Å². The summed E-state index contributed by atoms with van der Waals surface area (Å²) in [5.41, 5.74) is 7.65. The van der Waals surface area contributed by atoms with Gasteiger partial charge in [-0.25, -0.2) is 4.98 Å². The summed E-state index contributed by atoms with van der Waals surface area (Å²) in [5.74, 6) is 1.07. The molecule has 88 valence electrons. The first-order chi connectivity index (χ1) is 7.68. The normalized spacial score (nSPS) is 24.6. The van der Waals surface area contributed by atoms with Crippen molar-refractivity contribution in [3.8, 4) is 0 Å². The topological polar surface area (TPSA) is 71.2 Å². The number of aliphatic hydroxyl groups is 1. The lowest BCUT2D eigenvalue weighted by molar-refractivity contribution is 0.138. The molecular formula is C12H19N3O. The minimum absolute atomic E-state index is 0.168. The lowest BCUT2D eigenvalue weighted by Crippen LogP contribution is -2.22. The van der Waals surface area contributed by atoms with E-state index in [1.807, 2.05) is 13.0 Å². The Morgan fingerprint density at radius 1 is 1.56 bits per heavy atom. The van der Waals surface area contributed by atoms with Crippen LogP contribution in [0.5, 0.6) is 0 Å². The highest BCUT2D eigenvalue weighted by Gasteiger charge is 2.24. The number of aromatic nitrogens is 1. The van der Waals surface area contributed by atoms with Crippen molar-refractivity contribution in [3.63, 3.8) is 0 Å². The van der Waals surface area contributed by atoms with Crippen molar-refractivity contribution < 1.29 is 5.11 Å². The van der Waals surface area contributed by atoms with Crippen molar-refractivity contribution in [3.05, 3.63) is 17.8 Å². The first-order valence-electron chi connectivity index (χ1n) is 5.81. The zero-order valence-corrected chi connectivity index (χ0v) is 9.61. The fourth-order valence-corrected chi connectivity index (χ4v) is 2.19. The molecule has 0 spiro atoms. The molecule has 0 amide bonds. The summed E-state index contributed by atoms with van der Waals surface area (Å²) in [6, 6.07) is 1.89. The molecule has 0 saturated heterocycles. The van der Waals surface area contributed by atoms with Crippen molar-refractivity contribution in [1.29, 1.82) is 0 Å². The van der Waals surface area contributed by atoms with Crippen molar-refractivity contribution in [2.75, 3.05) is 17.6 Å². The monoisotopic (exact) mass is 221 g/mol. The maximum absolute atomic E-state index is 9.70. The summed E-state index contributed by atoms with van der Waals surface area (Å²) < 4.78 is 0. The van der Waals surface area contributed by atoms with Gasteiger partial charge < -0.3 is 16.2 Å². The van der Waals surface area contributed by atoms with E-state index in [-0.39, 0.29) is 6.10 Å². The molecule has 2 unspecified atom stereocenters. The Labute approximate surface area is 95.9 Å². The standard InChI is InChI=1S/C12H19N3O/c1-8-5-6-14-12(11(8)13)15-7-9-3-2-4-10(9)16/h5-6,9-10,16H,2-4,7,13H2,1H3,(H,14,15). The molecule has 4 heteroatoms. The predicted molar refractivity (Wildman–Crippen MR) is 65.2 cm³/mol. The van der Waals surface area contributed by atoms with E-state index in [9.17, 15) is 5.11 Å². The van der Waals surface area contributed by atoms with E-state index < -0.39 is 0 Å². The number of nitrogens with one attached hydrogen (secondary N) is 1. The van der Waals surface area contributed by atoms with Crippen molar-refractivity contribution in [1.82, 2.24) is 4.98 Å². The number of hydrogen-bond donors (Lipinski definition) is 3. The minimum atomic E-state index is -0.168. The van der Waals surface area contributed by atoms with Crippen LogP contribution in [-0.4, -0.2) is 22.7 Å². The molecule has 0 aromatic carbocycles. The highest BCUT2D eigenvalue weighted by Crippen LogP contribution is 2.26. The van der Waals surface area contributed by atoms with Gasteiger partial charge in [-0.15, -0.1) is 0 Å². The molecule has 0 bridgehead atoms. The zero-order chi connectivity index (χ0) is 11.5. The van der Waals surface area contributed by atoms with Gasteiger partial charge >= 0.3 is 0 Å². The van der Waals surface area contributed by atoms with Gasteiger partial charge in [0.25, 0.3) is 0 Å². The number of rotatable bonds is 3. The highest BCUT2D eigenvalue weighted by molar-refractivity contribution is 5.64. The predicted octanol–water partition coefficient (Wildman–Crippen LogP) is 1.55. The van der Waals surface area contributed by atoms with Gasteiger partial charge in [-0.3, -0.25) is 0 Å². The van der Waals surface area contributed by atoms with Crippen LogP contribution in [0.4, 0.5) is 11.5 Å². The molecular weight excluding hydrogens is 202 g/mol. The fourth-order valence-electron chi connectivity index (χ4n) is 2.19. The van der Waals surface area contributed by atoms with Crippen LogP contribution < -0.4 is 11.1 Å². The maximum Gasteiger partial charge on any atom is 0.149 e. The molecule has 4 N–H and O–H groups in total. The number of nitrogen functional groups attached to an aromatic ring is 1. The summed E-state index contributed by atoms with van der Waals surface area (Å²) >= 11 is 0. The van der Waals surface area contributed by atoms with Gasteiger partial charge in [-0.05, 0) is 31.4 Å². The van der Waals surface area contributed by atoms with Crippen molar-refractivity contribution in [2.45, 2.75) is 32.3 Å². The Morgan fingerprint density at radius 2 is 2.38 bits per heavy atom. The fraction of sp³-hybridized carbons (Fsp3) is 0.583. The number of hydrogen-bond acceptors (Lipinski definition) is 4. The molecule has 1 fully saturated rings. The van der Waals surface area contributed by atoms with Crippen LogP contribution in [0.3, 0.4) is 0 Å². The lowest BCUT2D eigenvalue weighted by atomic mass is 10.1. The van der Waals surface area contributed by atoms with E-state index in [1.165, 1.54) is 0 Å². The number of nitrogens with two attached hydrogens (primary N) is 1. The molecule has 1 saturated carbocycles. The Hall–Kier alpha value is -1.29. The zero-order valence-electron chi connectivity index (χ0n) is 9.61. The molecule has 1 aromatic rings. The third-order valence-corrected chi connectivity index (χ3v) is 3.36. The second-order valence-electron chi connectivity index (χ2n) is 4.53. The smallest absolute Gasteiger partial charge is 0.149 e. The largest absolute Gasteiger partial charge is 0.396 e. The molecule has 0 radical (unpaired) electrons. The van der Waals surface area contributed by atoms with Crippen molar-refractivity contribution >= 4 is 11.5 Å². The quantitative estimate of drug-likeness (QED) is 0.724. The van der Waals surface area contributed by atoms with Crippen LogP contribution >= 0.6 is 0 Å².